The van der Waals surface area contributed by atoms with Gasteiger partial charge in [0.05, 0.1) is 4.90 Å². The minimum Gasteiger partial charge on any atom is -0.325 e. The van der Waals surface area contributed by atoms with Crippen molar-refractivity contribution in [2.24, 2.45) is 0 Å². The average molecular weight is 412 g/mol. The molecule has 3 aromatic carbocycles. The third-order valence-corrected chi connectivity index (χ3v) is 5.83. The van der Waals surface area contributed by atoms with Crippen molar-refractivity contribution in [2.75, 3.05) is 5.32 Å². The highest BCUT2D eigenvalue weighted by Crippen LogP contribution is 2.14. The van der Waals surface area contributed by atoms with Gasteiger partial charge in [0.15, 0.2) is 0 Å². The predicted octanol–water partition coefficient (Wildman–Crippen LogP) is 3.66. The Morgan fingerprint density at radius 1 is 0.931 bits per heavy atom. The summed E-state index contributed by atoms with van der Waals surface area (Å²) in [5.74, 6) is -0.958. The van der Waals surface area contributed by atoms with E-state index in [9.17, 15) is 17.6 Å². The Hall–Kier alpha value is -3.03. The minimum atomic E-state index is -3.91. The van der Waals surface area contributed by atoms with E-state index in [4.69, 9.17) is 0 Å². The van der Waals surface area contributed by atoms with Crippen molar-refractivity contribution in [3.8, 4) is 0 Å². The van der Waals surface area contributed by atoms with E-state index in [1.165, 1.54) is 36.4 Å². The normalized spacial score (nSPS) is 12.3. The van der Waals surface area contributed by atoms with Crippen molar-refractivity contribution >= 4 is 21.6 Å². The maximum atomic E-state index is 13.1. The molecule has 0 aliphatic heterocycles. The van der Waals surface area contributed by atoms with Crippen LogP contribution < -0.4 is 10.0 Å². The van der Waals surface area contributed by atoms with E-state index in [-0.39, 0.29) is 11.3 Å². The quantitative estimate of drug-likeness (QED) is 0.622. The number of nitrogens with one attached hydrogen (secondary N) is 2. The fourth-order valence-electron chi connectivity index (χ4n) is 2.77. The molecule has 0 saturated carbocycles. The number of rotatable bonds is 7. The summed E-state index contributed by atoms with van der Waals surface area (Å²) in [5, 5.41) is 2.64. The minimum absolute atomic E-state index is 0.0794. The van der Waals surface area contributed by atoms with E-state index in [1.54, 1.807) is 12.1 Å². The van der Waals surface area contributed by atoms with Crippen molar-refractivity contribution < 1.29 is 17.6 Å². The van der Waals surface area contributed by atoms with E-state index in [0.29, 0.717) is 5.69 Å². The van der Waals surface area contributed by atoms with Crippen molar-refractivity contribution in [3.63, 3.8) is 0 Å². The molecule has 0 aromatic heterocycles. The lowest BCUT2D eigenvalue weighted by Gasteiger charge is -2.19. The SMILES string of the molecule is Cc1ccc(S(=O)(=O)NC(Cc2ccccc2)C(=O)Nc2ccc(F)cc2)cc1. The summed E-state index contributed by atoms with van der Waals surface area (Å²) < 4.78 is 41.2. The second kappa shape index (κ2) is 8.98. The van der Waals surface area contributed by atoms with Crippen molar-refractivity contribution in [2.45, 2.75) is 24.3 Å². The van der Waals surface area contributed by atoms with Gasteiger partial charge in [-0.15, -0.1) is 0 Å². The Balaban J connectivity index is 1.84. The van der Waals surface area contributed by atoms with Crippen LogP contribution in [0.4, 0.5) is 10.1 Å². The first kappa shape index (κ1) is 20.7. The number of aryl methyl sites for hydroxylation is 1. The van der Waals surface area contributed by atoms with Crippen LogP contribution in [-0.4, -0.2) is 20.4 Å². The summed E-state index contributed by atoms with van der Waals surface area (Å²) in [7, 11) is -3.91. The van der Waals surface area contributed by atoms with Crippen LogP contribution in [0.15, 0.2) is 83.8 Å². The fourth-order valence-corrected chi connectivity index (χ4v) is 3.97. The van der Waals surface area contributed by atoms with Gasteiger partial charge in [0.2, 0.25) is 15.9 Å². The number of sulfonamides is 1. The summed E-state index contributed by atoms with van der Waals surface area (Å²) in [4.78, 5) is 12.9. The summed E-state index contributed by atoms with van der Waals surface area (Å²) in [6.07, 6.45) is 0.166. The maximum Gasteiger partial charge on any atom is 0.242 e. The van der Waals surface area contributed by atoms with Gasteiger partial charge in [-0.3, -0.25) is 4.79 Å². The van der Waals surface area contributed by atoms with Crippen LogP contribution in [-0.2, 0) is 21.2 Å². The van der Waals surface area contributed by atoms with Crippen LogP contribution >= 0.6 is 0 Å². The lowest BCUT2D eigenvalue weighted by atomic mass is 10.1. The average Bonchev–Trinajstić information content (AvgIpc) is 2.70. The zero-order valence-corrected chi connectivity index (χ0v) is 16.6. The first-order valence-electron chi connectivity index (χ1n) is 9.03. The van der Waals surface area contributed by atoms with E-state index in [0.717, 1.165) is 11.1 Å². The highest BCUT2D eigenvalue weighted by molar-refractivity contribution is 7.89. The lowest BCUT2D eigenvalue weighted by molar-refractivity contribution is -0.117. The number of carbonyl (C=O) groups excluding carboxylic acids is 1. The predicted molar refractivity (Wildman–Crippen MR) is 110 cm³/mol. The monoisotopic (exact) mass is 412 g/mol. The maximum absolute atomic E-state index is 13.1. The number of hydrogen-bond acceptors (Lipinski definition) is 3. The van der Waals surface area contributed by atoms with Gasteiger partial charge >= 0.3 is 0 Å². The molecule has 1 atom stereocenters. The molecule has 1 amide bonds. The van der Waals surface area contributed by atoms with Crippen molar-refractivity contribution in [3.05, 3.63) is 95.8 Å². The van der Waals surface area contributed by atoms with E-state index < -0.39 is 27.8 Å². The molecule has 2 N–H and O–H groups in total. The largest absolute Gasteiger partial charge is 0.325 e. The summed E-state index contributed by atoms with van der Waals surface area (Å²) in [5.41, 5.74) is 2.11. The van der Waals surface area contributed by atoms with Crippen molar-refractivity contribution in [1.29, 1.82) is 0 Å². The van der Waals surface area contributed by atoms with Crippen LogP contribution in [0.5, 0.6) is 0 Å². The van der Waals surface area contributed by atoms with Gasteiger partial charge in [0.25, 0.3) is 0 Å². The molecule has 0 saturated heterocycles. The number of anilines is 1. The number of benzene rings is 3. The van der Waals surface area contributed by atoms with Crippen LogP contribution in [0.25, 0.3) is 0 Å². The van der Waals surface area contributed by atoms with Gasteiger partial charge in [-0.2, -0.15) is 4.72 Å². The molecule has 1 unspecified atom stereocenters. The third kappa shape index (κ3) is 5.73. The first-order chi connectivity index (χ1) is 13.8. The molecule has 0 radical (unpaired) electrons. The second-order valence-corrected chi connectivity index (χ2v) is 8.39. The zero-order chi connectivity index (χ0) is 20.9. The van der Waals surface area contributed by atoms with Gasteiger partial charge in [-0.1, -0.05) is 48.0 Å². The first-order valence-corrected chi connectivity index (χ1v) is 10.5. The number of halogens is 1. The molecule has 0 aliphatic carbocycles. The fraction of sp³-hybridized carbons (Fsp3) is 0.136. The van der Waals surface area contributed by atoms with Gasteiger partial charge in [0.1, 0.15) is 11.9 Å². The zero-order valence-electron chi connectivity index (χ0n) is 15.8. The highest BCUT2D eigenvalue weighted by Gasteiger charge is 2.26. The van der Waals surface area contributed by atoms with Crippen molar-refractivity contribution in [1.82, 2.24) is 4.72 Å². The molecule has 0 heterocycles. The summed E-state index contributed by atoms with van der Waals surface area (Å²) in [6.45, 7) is 1.86. The van der Waals surface area contributed by atoms with Gasteiger partial charge in [-0.05, 0) is 55.3 Å². The van der Waals surface area contributed by atoms with Gasteiger partial charge in [-0.25, -0.2) is 12.8 Å². The Morgan fingerprint density at radius 3 is 2.17 bits per heavy atom. The summed E-state index contributed by atoms with van der Waals surface area (Å²) in [6, 6.07) is 19.7. The molecule has 7 heteroatoms. The number of amides is 1. The lowest BCUT2D eigenvalue weighted by Crippen LogP contribution is -2.45. The molecular formula is C22H21FN2O3S. The molecule has 29 heavy (non-hydrogen) atoms. The molecule has 3 rings (SSSR count). The van der Waals surface area contributed by atoms with E-state index >= 15 is 0 Å². The van der Waals surface area contributed by atoms with Crippen LogP contribution in [0.1, 0.15) is 11.1 Å². The molecule has 0 bridgehead atoms. The Bertz CT molecular complexity index is 1070. The standard InChI is InChI=1S/C22H21FN2O3S/c1-16-7-13-20(14-8-16)29(27,28)25-21(15-17-5-3-2-4-6-17)22(26)24-19-11-9-18(23)10-12-19/h2-14,21,25H,15H2,1H3,(H,24,26). The van der Waals surface area contributed by atoms with Crippen LogP contribution in [0.3, 0.4) is 0 Å². The molecule has 5 nitrogen and oxygen atoms in total. The van der Waals surface area contributed by atoms with Gasteiger partial charge in [0, 0.05) is 5.69 Å². The summed E-state index contributed by atoms with van der Waals surface area (Å²) >= 11 is 0. The second-order valence-electron chi connectivity index (χ2n) is 6.67. The van der Waals surface area contributed by atoms with E-state index in [2.05, 4.69) is 10.0 Å². The molecule has 3 aromatic rings. The Kier molecular flexibility index (Phi) is 6.41. The Morgan fingerprint density at radius 2 is 1.55 bits per heavy atom. The topological polar surface area (TPSA) is 75.3 Å². The number of hydrogen-bond donors (Lipinski definition) is 2. The Labute approximate surface area is 169 Å². The molecule has 0 aliphatic rings. The van der Waals surface area contributed by atoms with Gasteiger partial charge < -0.3 is 5.32 Å². The number of carbonyl (C=O) groups is 1. The molecule has 0 spiro atoms. The molecule has 0 fully saturated rings. The molecule has 150 valence electrons. The van der Waals surface area contributed by atoms with Crippen LogP contribution in [0.2, 0.25) is 0 Å². The smallest absolute Gasteiger partial charge is 0.242 e. The highest BCUT2D eigenvalue weighted by atomic mass is 32.2. The van der Waals surface area contributed by atoms with Crippen LogP contribution in [0, 0.1) is 12.7 Å². The van der Waals surface area contributed by atoms with E-state index in [1.807, 2.05) is 37.3 Å². The molecular weight excluding hydrogens is 391 g/mol. The third-order valence-electron chi connectivity index (χ3n) is 4.34.